The second kappa shape index (κ2) is 6.65. The Labute approximate surface area is 128 Å². The van der Waals surface area contributed by atoms with Crippen molar-refractivity contribution in [1.29, 1.82) is 0 Å². The van der Waals surface area contributed by atoms with Crippen molar-refractivity contribution in [2.75, 3.05) is 26.7 Å². The van der Waals surface area contributed by atoms with Crippen LogP contribution in [-0.2, 0) is 24.9 Å². The molecule has 1 aliphatic heterocycles. The van der Waals surface area contributed by atoms with Crippen LogP contribution >= 0.6 is 11.3 Å². The van der Waals surface area contributed by atoms with E-state index in [1.807, 2.05) is 12.4 Å². The van der Waals surface area contributed by atoms with E-state index in [0.29, 0.717) is 12.6 Å². The highest BCUT2D eigenvalue weighted by Crippen LogP contribution is 2.23. The second-order valence-electron chi connectivity index (χ2n) is 5.25. The van der Waals surface area contributed by atoms with Crippen molar-refractivity contribution >= 4 is 11.3 Å². The smallest absolute Gasteiger partial charge is 0.127 e. The van der Waals surface area contributed by atoms with Gasteiger partial charge in [0.25, 0.3) is 0 Å². The number of hydrogen-bond acceptors (Lipinski definition) is 6. The molecule has 21 heavy (non-hydrogen) atoms. The van der Waals surface area contributed by atoms with Crippen LogP contribution in [-0.4, -0.2) is 46.2 Å². The zero-order chi connectivity index (χ0) is 14.7. The van der Waals surface area contributed by atoms with E-state index in [9.17, 15) is 0 Å². The van der Waals surface area contributed by atoms with Gasteiger partial charge < -0.3 is 14.6 Å². The molecule has 0 radical (unpaired) electrons. The maximum absolute atomic E-state index is 5.14. The summed E-state index contributed by atoms with van der Waals surface area (Å²) >= 11 is 1.67. The van der Waals surface area contributed by atoms with E-state index >= 15 is 0 Å². The number of aryl methyl sites for hydroxylation is 1. The maximum atomic E-state index is 5.14. The molecule has 1 unspecified atom stereocenters. The van der Waals surface area contributed by atoms with Crippen LogP contribution in [0.5, 0.6) is 0 Å². The molecule has 7 heteroatoms. The lowest BCUT2D eigenvalue weighted by atomic mass is 10.1. The number of piperazine rings is 1. The topological polar surface area (TPSA) is 55.2 Å². The normalized spacial score (nSPS) is 20.0. The molecule has 1 aliphatic rings. The van der Waals surface area contributed by atoms with Crippen molar-refractivity contribution in [2.45, 2.75) is 19.2 Å². The molecular weight excluding hydrogens is 286 g/mol. The first-order valence-electron chi connectivity index (χ1n) is 7.12. The SMILES string of the molecule is COCc1nc(CN2CCNCC2c2nccn2C)cs1. The number of nitrogens with one attached hydrogen (secondary N) is 1. The molecule has 0 saturated carbocycles. The van der Waals surface area contributed by atoms with Gasteiger partial charge >= 0.3 is 0 Å². The lowest BCUT2D eigenvalue weighted by Crippen LogP contribution is -2.46. The van der Waals surface area contributed by atoms with Gasteiger partial charge in [-0.15, -0.1) is 11.3 Å². The number of ether oxygens (including phenoxy) is 1. The Morgan fingerprint density at radius 2 is 2.43 bits per heavy atom. The summed E-state index contributed by atoms with van der Waals surface area (Å²) in [5.74, 6) is 1.11. The van der Waals surface area contributed by atoms with Crippen LogP contribution < -0.4 is 5.32 Å². The molecule has 0 bridgehead atoms. The van der Waals surface area contributed by atoms with Crippen LogP contribution in [0, 0.1) is 0 Å². The zero-order valence-electron chi connectivity index (χ0n) is 12.5. The summed E-state index contributed by atoms with van der Waals surface area (Å²) in [6.45, 7) is 4.40. The van der Waals surface area contributed by atoms with Gasteiger partial charge in [0, 0.05) is 58.1 Å². The van der Waals surface area contributed by atoms with Gasteiger partial charge in [0.2, 0.25) is 0 Å². The lowest BCUT2D eigenvalue weighted by molar-refractivity contribution is 0.142. The number of rotatable bonds is 5. The van der Waals surface area contributed by atoms with E-state index in [-0.39, 0.29) is 0 Å². The van der Waals surface area contributed by atoms with E-state index in [1.165, 1.54) is 0 Å². The monoisotopic (exact) mass is 307 g/mol. The van der Waals surface area contributed by atoms with Crippen molar-refractivity contribution < 1.29 is 4.74 Å². The van der Waals surface area contributed by atoms with Crippen molar-refractivity contribution in [1.82, 2.24) is 24.8 Å². The van der Waals surface area contributed by atoms with Crippen LogP contribution in [0.25, 0.3) is 0 Å². The quantitative estimate of drug-likeness (QED) is 0.898. The number of thiazole rings is 1. The van der Waals surface area contributed by atoms with Gasteiger partial charge in [-0.3, -0.25) is 4.90 Å². The minimum absolute atomic E-state index is 0.298. The van der Waals surface area contributed by atoms with Gasteiger partial charge in [-0.2, -0.15) is 0 Å². The average molecular weight is 307 g/mol. The summed E-state index contributed by atoms with van der Waals surface area (Å²) in [5, 5.41) is 6.63. The largest absolute Gasteiger partial charge is 0.378 e. The Morgan fingerprint density at radius 1 is 1.52 bits per heavy atom. The van der Waals surface area contributed by atoms with Crippen LogP contribution in [0.4, 0.5) is 0 Å². The number of imidazole rings is 1. The molecular formula is C14H21N5OS. The molecule has 1 N–H and O–H groups in total. The zero-order valence-corrected chi connectivity index (χ0v) is 13.3. The fourth-order valence-corrected chi connectivity index (χ4v) is 3.46. The molecule has 2 aromatic rings. The maximum Gasteiger partial charge on any atom is 0.127 e. The molecule has 0 spiro atoms. The highest BCUT2D eigenvalue weighted by molar-refractivity contribution is 7.09. The van der Waals surface area contributed by atoms with Gasteiger partial charge in [0.05, 0.1) is 18.3 Å². The standard InChI is InChI=1S/C14H21N5OS/c1-18-5-4-16-14(18)12-7-15-3-6-19(12)8-11-10-21-13(17-11)9-20-2/h4-5,10,12,15H,3,6-9H2,1-2H3. The molecule has 114 valence electrons. The predicted octanol–water partition coefficient (Wildman–Crippen LogP) is 1.17. The Hall–Kier alpha value is -1.28. The highest BCUT2D eigenvalue weighted by Gasteiger charge is 2.27. The van der Waals surface area contributed by atoms with Crippen LogP contribution in [0.3, 0.4) is 0 Å². The van der Waals surface area contributed by atoms with Gasteiger partial charge in [-0.05, 0) is 0 Å². The first-order chi connectivity index (χ1) is 10.3. The molecule has 1 fully saturated rings. The highest BCUT2D eigenvalue weighted by atomic mass is 32.1. The fraction of sp³-hybridized carbons (Fsp3) is 0.571. The molecule has 2 aromatic heterocycles. The van der Waals surface area contributed by atoms with E-state index in [0.717, 1.165) is 42.7 Å². The molecule has 3 heterocycles. The summed E-state index contributed by atoms with van der Waals surface area (Å²) in [6, 6.07) is 0.298. The van der Waals surface area contributed by atoms with Crippen LogP contribution in [0.2, 0.25) is 0 Å². The lowest BCUT2D eigenvalue weighted by Gasteiger charge is -2.35. The first kappa shape index (κ1) is 14.6. The number of hydrogen-bond donors (Lipinski definition) is 1. The third-order valence-corrected chi connectivity index (χ3v) is 4.61. The molecule has 0 amide bonds. The van der Waals surface area contributed by atoms with Crippen molar-refractivity contribution in [2.24, 2.45) is 7.05 Å². The molecule has 6 nitrogen and oxygen atoms in total. The van der Waals surface area contributed by atoms with Crippen molar-refractivity contribution in [3.05, 3.63) is 34.3 Å². The number of aromatic nitrogens is 3. The Morgan fingerprint density at radius 3 is 3.19 bits per heavy atom. The molecule has 0 aliphatic carbocycles. The molecule has 1 saturated heterocycles. The first-order valence-corrected chi connectivity index (χ1v) is 8.00. The third-order valence-electron chi connectivity index (χ3n) is 3.74. The molecule has 1 atom stereocenters. The summed E-state index contributed by atoms with van der Waals surface area (Å²) in [7, 11) is 3.75. The van der Waals surface area contributed by atoms with E-state index < -0.39 is 0 Å². The number of methoxy groups -OCH3 is 1. The van der Waals surface area contributed by atoms with E-state index in [1.54, 1.807) is 18.4 Å². The fourth-order valence-electron chi connectivity index (χ4n) is 2.71. The van der Waals surface area contributed by atoms with E-state index in [4.69, 9.17) is 4.74 Å². The summed E-state index contributed by atoms with van der Waals surface area (Å²) in [4.78, 5) is 11.6. The van der Waals surface area contributed by atoms with Gasteiger partial charge in [0.1, 0.15) is 10.8 Å². The van der Waals surface area contributed by atoms with Crippen molar-refractivity contribution in [3.8, 4) is 0 Å². The number of nitrogens with zero attached hydrogens (tertiary/aromatic N) is 4. The predicted molar refractivity (Wildman–Crippen MR) is 82.1 cm³/mol. The van der Waals surface area contributed by atoms with Crippen molar-refractivity contribution in [3.63, 3.8) is 0 Å². The van der Waals surface area contributed by atoms with Crippen LogP contribution in [0.15, 0.2) is 17.8 Å². The summed E-state index contributed by atoms with van der Waals surface area (Å²) < 4.78 is 7.24. The van der Waals surface area contributed by atoms with Gasteiger partial charge in [0.15, 0.2) is 0 Å². The minimum Gasteiger partial charge on any atom is -0.378 e. The summed E-state index contributed by atoms with van der Waals surface area (Å²) in [6.07, 6.45) is 3.86. The molecule has 0 aromatic carbocycles. The Bertz CT molecular complexity index is 581. The third kappa shape index (κ3) is 3.32. The van der Waals surface area contributed by atoms with Crippen LogP contribution in [0.1, 0.15) is 22.6 Å². The van der Waals surface area contributed by atoms with E-state index in [2.05, 4.69) is 37.2 Å². The second-order valence-corrected chi connectivity index (χ2v) is 6.19. The summed E-state index contributed by atoms with van der Waals surface area (Å²) in [5.41, 5.74) is 1.12. The van der Waals surface area contributed by atoms with Gasteiger partial charge in [-0.25, -0.2) is 9.97 Å². The minimum atomic E-state index is 0.298. The Kier molecular flexibility index (Phi) is 4.64. The average Bonchev–Trinajstić information content (AvgIpc) is 3.09. The Balaban J connectivity index is 1.73. The molecule has 3 rings (SSSR count). The van der Waals surface area contributed by atoms with Gasteiger partial charge in [-0.1, -0.05) is 0 Å².